The molecule has 2 aromatic carbocycles. The van der Waals surface area contributed by atoms with Crippen LogP contribution in [0.1, 0.15) is 44.8 Å². The number of carbonyl (C=O) groups is 3. The quantitative estimate of drug-likeness (QED) is 0.562. The van der Waals surface area contributed by atoms with Gasteiger partial charge in [-0.2, -0.15) is 0 Å². The Hall–Kier alpha value is -4.11. The highest BCUT2D eigenvalue weighted by molar-refractivity contribution is 5.99. The van der Waals surface area contributed by atoms with Crippen LogP contribution in [0.4, 0.5) is 4.39 Å². The smallest absolute Gasteiger partial charge is 0.256 e. The zero-order valence-electron chi connectivity index (χ0n) is 21.1. The molecular formula is C29H29FN4O4. The normalized spacial score (nSPS) is 18.4. The van der Waals surface area contributed by atoms with Gasteiger partial charge in [0.1, 0.15) is 17.6 Å². The van der Waals surface area contributed by atoms with Gasteiger partial charge in [0.25, 0.3) is 11.8 Å². The van der Waals surface area contributed by atoms with Crippen LogP contribution in [-0.4, -0.2) is 64.0 Å². The molecule has 0 bridgehead atoms. The molecule has 0 saturated carbocycles. The minimum Gasteiger partial charge on any atom is -0.353 e. The summed E-state index contributed by atoms with van der Waals surface area (Å²) in [4.78, 5) is 47.7. The number of hydrogen-bond donors (Lipinski definition) is 1. The second kappa shape index (κ2) is 10.7. The van der Waals surface area contributed by atoms with Gasteiger partial charge in [0.2, 0.25) is 5.91 Å². The zero-order chi connectivity index (χ0) is 26.7. The van der Waals surface area contributed by atoms with E-state index in [0.717, 1.165) is 5.56 Å². The lowest BCUT2D eigenvalue weighted by Gasteiger charge is -2.44. The van der Waals surface area contributed by atoms with Gasteiger partial charge in [-0.05, 0) is 55.5 Å². The molecule has 8 nitrogen and oxygen atoms in total. The molecule has 38 heavy (non-hydrogen) atoms. The maximum atomic E-state index is 13.9. The minimum atomic E-state index is -1.02. The van der Waals surface area contributed by atoms with E-state index in [0.29, 0.717) is 42.8 Å². The lowest BCUT2D eigenvalue weighted by molar-refractivity contribution is -0.128. The van der Waals surface area contributed by atoms with Gasteiger partial charge < -0.3 is 15.0 Å². The topological polar surface area (TPSA) is 91.8 Å². The van der Waals surface area contributed by atoms with Gasteiger partial charge in [-0.15, -0.1) is 0 Å². The van der Waals surface area contributed by atoms with Crippen molar-refractivity contribution < 1.29 is 23.5 Å². The Bertz CT molecular complexity index is 1320. The number of benzene rings is 2. The van der Waals surface area contributed by atoms with Crippen molar-refractivity contribution in [3.63, 3.8) is 0 Å². The second-order valence-electron chi connectivity index (χ2n) is 9.66. The molecule has 5 rings (SSSR count). The van der Waals surface area contributed by atoms with Crippen LogP contribution in [0.25, 0.3) is 0 Å². The summed E-state index contributed by atoms with van der Waals surface area (Å²) in [6.07, 6.45) is 2.35. The van der Waals surface area contributed by atoms with Crippen LogP contribution in [0.5, 0.6) is 0 Å². The third kappa shape index (κ3) is 5.15. The highest BCUT2D eigenvalue weighted by Gasteiger charge is 2.54. The predicted molar refractivity (Wildman–Crippen MR) is 137 cm³/mol. The summed E-state index contributed by atoms with van der Waals surface area (Å²) in [5.74, 6) is -1.23. The molecule has 2 fully saturated rings. The van der Waals surface area contributed by atoms with Crippen molar-refractivity contribution in [2.45, 2.75) is 38.1 Å². The highest BCUT2D eigenvalue weighted by Crippen LogP contribution is 2.39. The Balaban J connectivity index is 1.36. The van der Waals surface area contributed by atoms with E-state index in [-0.39, 0.29) is 30.9 Å². The number of hydrogen-bond acceptors (Lipinski definition) is 5. The van der Waals surface area contributed by atoms with E-state index in [1.807, 2.05) is 31.2 Å². The molecule has 2 saturated heterocycles. The van der Waals surface area contributed by atoms with Crippen molar-refractivity contribution in [1.29, 1.82) is 0 Å². The van der Waals surface area contributed by atoms with E-state index in [2.05, 4.69) is 10.3 Å². The largest absolute Gasteiger partial charge is 0.353 e. The van der Waals surface area contributed by atoms with Gasteiger partial charge in [-0.25, -0.2) is 4.39 Å². The molecule has 1 aromatic heterocycles. The number of likely N-dealkylation sites (tertiary alicyclic amines) is 1. The average Bonchev–Trinajstić information content (AvgIpc) is 3.30. The Labute approximate surface area is 220 Å². The first-order chi connectivity index (χ1) is 18.4. The monoisotopic (exact) mass is 516 g/mol. The number of rotatable bonds is 5. The van der Waals surface area contributed by atoms with Crippen molar-refractivity contribution in [1.82, 2.24) is 20.1 Å². The summed E-state index contributed by atoms with van der Waals surface area (Å²) >= 11 is 0. The summed E-state index contributed by atoms with van der Waals surface area (Å²) in [6, 6.07) is 17.3. The van der Waals surface area contributed by atoms with Gasteiger partial charge in [0, 0.05) is 43.3 Å². The van der Waals surface area contributed by atoms with Gasteiger partial charge in [-0.3, -0.25) is 24.3 Å². The number of halogens is 1. The van der Waals surface area contributed by atoms with Crippen molar-refractivity contribution in [2.24, 2.45) is 0 Å². The second-order valence-corrected chi connectivity index (χ2v) is 9.66. The highest BCUT2D eigenvalue weighted by atomic mass is 19.1. The van der Waals surface area contributed by atoms with E-state index in [1.165, 1.54) is 24.3 Å². The molecule has 2 aliphatic rings. The summed E-state index contributed by atoms with van der Waals surface area (Å²) < 4.78 is 19.6. The number of piperidine rings is 1. The lowest BCUT2D eigenvalue weighted by Crippen LogP contribution is -2.59. The van der Waals surface area contributed by atoms with Gasteiger partial charge in [-0.1, -0.05) is 23.8 Å². The lowest BCUT2D eigenvalue weighted by atomic mass is 9.95. The molecule has 1 spiro atoms. The molecule has 2 aliphatic heterocycles. The summed E-state index contributed by atoms with van der Waals surface area (Å²) in [5, 5.41) is 2.89. The molecule has 196 valence electrons. The number of nitrogens with one attached hydrogen (secondary N) is 1. The predicted octanol–water partition coefficient (Wildman–Crippen LogP) is 3.32. The standard InChI is InChI=1S/C29H29FN4O4/c1-20-5-4-6-22(17-20)28(37)34-25(26(35)32-18-24-7-2-3-14-31-24)19-38-29(34)12-15-33(16-13-29)27(36)21-8-10-23(30)11-9-21/h2-11,14,17,25H,12-13,15-16,18-19H2,1H3,(H,32,35)/t25-/m1/s1. The van der Waals surface area contributed by atoms with Gasteiger partial charge >= 0.3 is 0 Å². The van der Waals surface area contributed by atoms with E-state index >= 15 is 0 Å². The minimum absolute atomic E-state index is 0.0531. The average molecular weight is 517 g/mol. The molecule has 3 amide bonds. The first-order valence-electron chi connectivity index (χ1n) is 12.6. The number of nitrogens with zero attached hydrogens (tertiary/aromatic N) is 3. The number of ether oxygens (including phenoxy) is 1. The summed E-state index contributed by atoms with van der Waals surface area (Å²) in [7, 11) is 0. The van der Waals surface area contributed by atoms with Crippen LogP contribution in [0.15, 0.2) is 72.9 Å². The molecule has 9 heteroatoms. The molecule has 3 aromatic rings. The molecule has 0 aliphatic carbocycles. The van der Waals surface area contributed by atoms with Crippen molar-refractivity contribution in [3.8, 4) is 0 Å². The fourth-order valence-electron chi connectivity index (χ4n) is 5.12. The fourth-order valence-corrected chi connectivity index (χ4v) is 5.12. The van der Waals surface area contributed by atoms with Crippen LogP contribution in [0, 0.1) is 12.7 Å². The zero-order valence-corrected chi connectivity index (χ0v) is 21.1. The van der Waals surface area contributed by atoms with Crippen molar-refractivity contribution in [3.05, 3.63) is 101 Å². The van der Waals surface area contributed by atoms with Crippen molar-refractivity contribution in [2.75, 3.05) is 19.7 Å². The number of amides is 3. The van der Waals surface area contributed by atoms with E-state index in [1.54, 1.807) is 34.2 Å². The molecule has 3 heterocycles. The fraction of sp³-hybridized carbons (Fsp3) is 0.310. The number of aromatic nitrogens is 1. The van der Waals surface area contributed by atoms with Gasteiger partial charge in [0.05, 0.1) is 18.8 Å². The Morgan fingerprint density at radius 2 is 1.76 bits per heavy atom. The molecule has 0 unspecified atom stereocenters. The third-order valence-electron chi connectivity index (χ3n) is 7.14. The Morgan fingerprint density at radius 1 is 1.00 bits per heavy atom. The maximum Gasteiger partial charge on any atom is 0.256 e. The van der Waals surface area contributed by atoms with Crippen LogP contribution in [-0.2, 0) is 16.1 Å². The summed E-state index contributed by atoms with van der Waals surface area (Å²) in [5.41, 5.74) is 1.49. The maximum absolute atomic E-state index is 13.9. The Kier molecular flexibility index (Phi) is 7.20. The molecule has 0 radical (unpaired) electrons. The van der Waals surface area contributed by atoms with E-state index < -0.39 is 17.6 Å². The SMILES string of the molecule is Cc1cccc(C(=O)N2[C@@H](C(=O)NCc3ccccn3)COC23CCN(C(=O)c2ccc(F)cc2)CC3)c1. The molecule has 1 atom stereocenters. The first kappa shape index (κ1) is 25.5. The van der Waals surface area contributed by atoms with E-state index in [9.17, 15) is 18.8 Å². The van der Waals surface area contributed by atoms with Crippen LogP contribution >= 0.6 is 0 Å². The van der Waals surface area contributed by atoms with Crippen LogP contribution in [0.2, 0.25) is 0 Å². The third-order valence-corrected chi connectivity index (χ3v) is 7.14. The molecule has 1 N–H and O–H groups in total. The van der Waals surface area contributed by atoms with Crippen LogP contribution < -0.4 is 5.32 Å². The van der Waals surface area contributed by atoms with Gasteiger partial charge in [0.15, 0.2) is 0 Å². The number of carbonyl (C=O) groups excluding carboxylic acids is 3. The number of aryl methyl sites for hydroxylation is 1. The van der Waals surface area contributed by atoms with E-state index in [4.69, 9.17) is 4.74 Å². The Morgan fingerprint density at radius 3 is 2.45 bits per heavy atom. The van der Waals surface area contributed by atoms with Crippen molar-refractivity contribution >= 4 is 17.7 Å². The first-order valence-corrected chi connectivity index (χ1v) is 12.6. The molecular weight excluding hydrogens is 487 g/mol. The summed E-state index contributed by atoms with van der Waals surface area (Å²) in [6.45, 7) is 2.85. The number of pyridine rings is 1. The van der Waals surface area contributed by atoms with Crippen LogP contribution in [0.3, 0.4) is 0 Å².